The van der Waals surface area contributed by atoms with E-state index in [-0.39, 0.29) is 6.04 Å². The van der Waals surface area contributed by atoms with E-state index in [4.69, 9.17) is 0 Å². The van der Waals surface area contributed by atoms with Gasteiger partial charge in [-0.15, -0.1) is 0 Å². The van der Waals surface area contributed by atoms with E-state index >= 15 is 0 Å². The van der Waals surface area contributed by atoms with Gasteiger partial charge in [0.05, 0.1) is 6.04 Å². The summed E-state index contributed by atoms with van der Waals surface area (Å²) in [7, 11) is 0. The Morgan fingerprint density at radius 1 is 0.561 bits per heavy atom. The quantitative estimate of drug-likeness (QED) is 0.258. The lowest BCUT2D eigenvalue weighted by Gasteiger charge is -2.33. The van der Waals surface area contributed by atoms with Gasteiger partial charge in [0.2, 0.25) is 0 Å². The highest BCUT2D eigenvalue weighted by Gasteiger charge is 2.50. The van der Waals surface area contributed by atoms with Crippen LogP contribution in [-0.4, -0.2) is 6.04 Å². The minimum absolute atomic E-state index is 0.251. The number of allylic oxidation sites excluding steroid dienone is 8. The van der Waals surface area contributed by atoms with Crippen molar-refractivity contribution < 1.29 is 0 Å². The summed E-state index contributed by atoms with van der Waals surface area (Å²) < 4.78 is 0. The number of anilines is 1. The van der Waals surface area contributed by atoms with Crippen molar-refractivity contribution in [3.05, 3.63) is 180 Å². The van der Waals surface area contributed by atoms with Crippen LogP contribution < -0.4 is 4.90 Å². The smallest absolute Gasteiger partial charge is 0.0632 e. The van der Waals surface area contributed by atoms with Gasteiger partial charge in [-0.05, 0) is 68.3 Å². The highest BCUT2D eigenvalue weighted by molar-refractivity contribution is 5.87. The molecule has 0 N–H and O–H groups in total. The van der Waals surface area contributed by atoms with Crippen molar-refractivity contribution in [2.45, 2.75) is 12.0 Å². The molecule has 41 heavy (non-hydrogen) atoms. The maximum atomic E-state index is 2.62. The minimum atomic E-state index is 0.251. The molecule has 4 aromatic rings. The van der Waals surface area contributed by atoms with Gasteiger partial charge in [-0.1, -0.05) is 134 Å². The molecular formula is C40H29N. The fourth-order valence-corrected chi connectivity index (χ4v) is 7.99. The van der Waals surface area contributed by atoms with E-state index in [9.17, 15) is 0 Å². The van der Waals surface area contributed by atoms with Crippen LogP contribution in [0.3, 0.4) is 0 Å². The Morgan fingerprint density at radius 3 is 2.17 bits per heavy atom. The van der Waals surface area contributed by atoms with Crippen molar-refractivity contribution in [1.29, 1.82) is 0 Å². The van der Waals surface area contributed by atoms with E-state index in [1.165, 1.54) is 55.9 Å². The Bertz CT molecular complexity index is 1910. The number of nitrogens with zero attached hydrogens (tertiary/aromatic N) is 1. The van der Waals surface area contributed by atoms with Crippen molar-refractivity contribution in [3.63, 3.8) is 0 Å². The number of fused-ring (bicyclic) bond motifs is 3. The zero-order valence-corrected chi connectivity index (χ0v) is 22.7. The lowest BCUT2D eigenvalue weighted by molar-refractivity contribution is 0.580. The summed E-state index contributed by atoms with van der Waals surface area (Å²) >= 11 is 0. The molecular weight excluding hydrogens is 494 g/mol. The molecule has 5 aliphatic rings. The molecule has 0 radical (unpaired) electrons. The van der Waals surface area contributed by atoms with Crippen LogP contribution in [0.25, 0.3) is 27.8 Å². The maximum Gasteiger partial charge on any atom is 0.0632 e. The second kappa shape index (κ2) is 8.81. The van der Waals surface area contributed by atoms with E-state index in [2.05, 4.69) is 157 Å². The number of hydrogen-bond donors (Lipinski definition) is 0. The molecule has 4 aliphatic carbocycles. The molecule has 0 amide bonds. The first kappa shape index (κ1) is 22.9. The lowest BCUT2D eigenvalue weighted by atomic mass is 9.70. The van der Waals surface area contributed by atoms with Crippen LogP contribution >= 0.6 is 0 Å². The van der Waals surface area contributed by atoms with Gasteiger partial charge in [-0.25, -0.2) is 0 Å². The Labute approximate surface area is 241 Å². The number of rotatable bonds is 3. The predicted octanol–water partition coefficient (Wildman–Crippen LogP) is 9.51. The fourth-order valence-electron chi connectivity index (χ4n) is 7.99. The molecule has 0 fully saturated rings. The molecule has 0 bridgehead atoms. The van der Waals surface area contributed by atoms with Gasteiger partial charge in [0, 0.05) is 29.1 Å². The van der Waals surface area contributed by atoms with Crippen LogP contribution in [0.4, 0.5) is 5.69 Å². The summed E-state index contributed by atoms with van der Waals surface area (Å²) in [5.74, 6) is 1.07. The molecule has 4 atom stereocenters. The average molecular weight is 524 g/mol. The second-order valence-electron chi connectivity index (χ2n) is 11.6. The summed E-state index contributed by atoms with van der Waals surface area (Å²) in [6.45, 7) is 0. The molecule has 0 spiro atoms. The van der Waals surface area contributed by atoms with Crippen molar-refractivity contribution in [2.75, 3.05) is 4.90 Å². The van der Waals surface area contributed by atoms with Gasteiger partial charge in [0.15, 0.2) is 0 Å². The van der Waals surface area contributed by atoms with Crippen LogP contribution in [0.5, 0.6) is 0 Å². The highest BCUT2D eigenvalue weighted by atomic mass is 15.2. The first-order valence-electron chi connectivity index (χ1n) is 14.7. The van der Waals surface area contributed by atoms with Crippen LogP contribution in [0, 0.1) is 11.8 Å². The third-order valence-corrected chi connectivity index (χ3v) is 9.62. The van der Waals surface area contributed by atoms with Crippen molar-refractivity contribution in [3.8, 4) is 22.3 Å². The monoisotopic (exact) mass is 523 g/mol. The first-order chi connectivity index (χ1) is 20.4. The van der Waals surface area contributed by atoms with Crippen LogP contribution in [0.2, 0.25) is 0 Å². The maximum absolute atomic E-state index is 2.62. The van der Waals surface area contributed by atoms with Gasteiger partial charge in [-0.3, -0.25) is 0 Å². The summed E-state index contributed by atoms with van der Waals surface area (Å²) in [5, 5.41) is 0. The van der Waals surface area contributed by atoms with Gasteiger partial charge in [-0.2, -0.15) is 0 Å². The molecule has 0 saturated carbocycles. The molecule has 1 aliphatic heterocycles. The van der Waals surface area contributed by atoms with E-state index in [1.807, 2.05) is 0 Å². The van der Waals surface area contributed by atoms with E-state index in [1.54, 1.807) is 5.57 Å². The highest BCUT2D eigenvalue weighted by Crippen LogP contribution is 2.59. The summed E-state index contributed by atoms with van der Waals surface area (Å²) in [6, 6.07) is 38.1. The fraction of sp³-hybridized carbons (Fsp3) is 0.100. The minimum Gasteiger partial charge on any atom is -0.334 e. The zero-order valence-electron chi connectivity index (χ0n) is 22.7. The van der Waals surface area contributed by atoms with Crippen molar-refractivity contribution in [2.24, 2.45) is 11.8 Å². The van der Waals surface area contributed by atoms with E-state index in [0.717, 1.165) is 0 Å². The second-order valence-corrected chi connectivity index (χ2v) is 11.6. The van der Waals surface area contributed by atoms with Gasteiger partial charge < -0.3 is 4.90 Å². The summed E-state index contributed by atoms with van der Waals surface area (Å²) in [5.41, 5.74) is 15.0. The molecule has 0 saturated heterocycles. The molecule has 0 aromatic heterocycles. The Kier molecular flexibility index (Phi) is 4.92. The van der Waals surface area contributed by atoms with Gasteiger partial charge >= 0.3 is 0 Å². The van der Waals surface area contributed by atoms with Crippen molar-refractivity contribution >= 4 is 11.3 Å². The predicted molar refractivity (Wildman–Crippen MR) is 170 cm³/mol. The third-order valence-electron chi connectivity index (χ3n) is 9.62. The zero-order chi connectivity index (χ0) is 26.9. The number of hydrogen-bond acceptors (Lipinski definition) is 1. The number of benzene rings is 4. The Hall–Kier alpha value is -4.88. The van der Waals surface area contributed by atoms with Crippen LogP contribution in [0.1, 0.15) is 17.0 Å². The largest absolute Gasteiger partial charge is 0.334 e. The summed E-state index contributed by atoms with van der Waals surface area (Å²) in [4.78, 5) is 2.62. The van der Waals surface area contributed by atoms with Crippen molar-refractivity contribution in [1.82, 2.24) is 0 Å². The Morgan fingerprint density at radius 2 is 1.29 bits per heavy atom. The molecule has 4 unspecified atom stereocenters. The topological polar surface area (TPSA) is 3.24 Å². The standard InChI is InChI=1S/C40H29N/c1-2-11-26(12-3-1)30-16-4-5-17-31(30)28-14-8-15-29(25-28)41-36-22-10-21-35-33-19-7-6-18-32(33)34-20-9-13-27-23-24-37(41)40(38(27)34)39(35)36/h1-25,34,36,38-39H. The molecule has 1 heterocycles. The lowest BCUT2D eigenvalue weighted by Crippen LogP contribution is -2.34. The van der Waals surface area contributed by atoms with Gasteiger partial charge in [0.1, 0.15) is 0 Å². The van der Waals surface area contributed by atoms with Crippen LogP contribution in [0.15, 0.2) is 169 Å². The molecule has 4 aromatic carbocycles. The first-order valence-corrected chi connectivity index (χ1v) is 14.7. The SMILES string of the molecule is C1=CC2c3ccccc3C3=CC=CC4C3C3=C(C=CC(=C1)C32)N4c1cccc(-c2ccccc2-c2ccccc2)c1. The van der Waals surface area contributed by atoms with Gasteiger partial charge in [0.25, 0.3) is 0 Å². The molecule has 1 heteroatoms. The van der Waals surface area contributed by atoms with E-state index in [0.29, 0.717) is 17.8 Å². The third kappa shape index (κ3) is 3.30. The molecule has 9 rings (SSSR count). The normalized spacial score (nSPS) is 24.4. The van der Waals surface area contributed by atoms with E-state index < -0.39 is 0 Å². The molecule has 194 valence electrons. The Balaban J connectivity index is 1.22. The van der Waals surface area contributed by atoms with Crippen LogP contribution in [-0.2, 0) is 0 Å². The summed E-state index contributed by atoms with van der Waals surface area (Å²) in [6.07, 6.45) is 18.9. The molecule has 1 nitrogen and oxygen atoms in total. The average Bonchev–Trinajstić information content (AvgIpc) is 3.33.